The van der Waals surface area contributed by atoms with Crippen LogP contribution in [0.2, 0.25) is 0 Å². The standard InChI is InChI=1S/C17H24N4O2/c1-12-5-13(2)7-16(6-12)23-10-15(22)8-18-14-3-4-17-19-11-20-21(17)9-14/h5-7,11,14-15,18,22H,3-4,8-10H2,1-2H3/t14-,15+/m0/s1. The van der Waals surface area contributed by atoms with Crippen molar-refractivity contribution in [3.63, 3.8) is 0 Å². The van der Waals surface area contributed by atoms with Crippen molar-refractivity contribution in [1.82, 2.24) is 20.1 Å². The molecule has 0 bridgehead atoms. The fourth-order valence-corrected chi connectivity index (χ4v) is 2.97. The molecule has 23 heavy (non-hydrogen) atoms. The first-order valence-electron chi connectivity index (χ1n) is 8.09. The molecule has 0 aliphatic carbocycles. The van der Waals surface area contributed by atoms with Gasteiger partial charge in [-0.1, -0.05) is 6.07 Å². The van der Waals surface area contributed by atoms with E-state index in [0.717, 1.165) is 31.0 Å². The first-order chi connectivity index (χ1) is 11.1. The average Bonchev–Trinajstić information content (AvgIpc) is 2.97. The highest BCUT2D eigenvalue weighted by Gasteiger charge is 2.20. The summed E-state index contributed by atoms with van der Waals surface area (Å²) >= 11 is 0. The normalized spacial score (nSPS) is 18.5. The molecule has 0 unspecified atom stereocenters. The highest BCUT2D eigenvalue weighted by atomic mass is 16.5. The van der Waals surface area contributed by atoms with Gasteiger partial charge < -0.3 is 15.2 Å². The van der Waals surface area contributed by atoms with Gasteiger partial charge >= 0.3 is 0 Å². The predicted molar refractivity (Wildman–Crippen MR) is 87.6 cm³/mol. The molecule has 6 nitrogen and oxygen atoms in total. The van der Waals surface area contributed by atoms with Crippen molar-refractivity contribution in [2.24, 2.45) is 0 Å². The third-order valence-corrected chi connectivity index (χ3v) is 4.09. The lowest BCUT2D eigenvalue weighted by molar-refractivity contribution is 0.101. The fraction of sp³-hybridized carbons (Fsp3) is 0.529. The molecule has 0 saturated heterocycles. The number of benzene rings is 1. The van der Waals surface area contributed by atoms with Crippen LogP contribution in [0.4, 0.5) is 0 Å². The lowest BCUT2D eigenvalue weighted by Gasteiger charge is -2.25. The van der Waals surface area contributed by atoms with Crippen LogP contribution in [0.1, 0.15) is 23.4 Å². The summed E-state index contributed by atoms with van der Waals surface area (Å²) in [6, 6.07) is 6.40. The number of nitrogens with one attached hydrogen (secondary N) is 1. The van der Waals surface area contributed by atoms with Crippen LogP contribution in [-0.4, -0.2) is 45.2 Å². The van der Waals surface area contributed by atoms with E-state index in [1.54, 1.807) is 6.33 Å². The molecule has 2 aromatic rings. The van der Waals surface area contributed by atoms with E-state index in [4.69, 9.17) is 4.74 Å². The molecule has 1 aromatic carbocycles. The molecule has 124 valence electrons. The number of ether oxygens (including phenoxy) is 1. The number of nitrogens with zero attached hydrogens (tertiary/aromatic N) is 3. The van der Waals surface area contributed by atoms with Crippen LogP contribution in [0.3, 0.4) is 0 Å². The molecule has 0 saturated carbocycles. The number of fused-ring (bicyclic) bond motifs is 1. The van der Waals surface area contributed by atoms with Crippen LogP contribution < -0.4 is 10.1 Å². The predicted octanol–water partition coefficient (Wildman–Crippen LogP) is 1.24. The summed E-state index contributed by atoms with van der Waals surface area (Å²) in [5.41, 5.74) is 2.33. The van der Waals surface area contributed by atoms with Gasteiger partial charge in [0, 0.05) is 19.0 Å². The van der Waals surface area contributed by atoms with Gasteiger partial charge in [-0.15, -0.1) is 0 Å². The van der Waals surface area contributed by atoms with E-state index < -0.39 is 6.10 Å². The molecule has 2 N–H and O–H groups in total. The zero-order valence-electron chi connectivity index (χ0n) is 13.7. The summed E-state index contributed by atoms with van der Waals surface area (Å²) < 4.78 is 7.63. The van der Waals surface area contributed by atoms with Crippen LogP contribution in [0.5, 0.6) is 5.75 Å². The van der Waals surface area contributed by atoms with Gasteiger partial charge in [-0.2, -0.15) is 5.10 Å². The van der Waals surface area contributed by atoms with Crippen molar-refractivity contribution >= 4 is 0 Å². The van der Waals surface area contributed by atoms with Gasteiger partial charge in [-0.3, -0.25) is 0 Å². The number of rotatable bonds is 6. The van der Waals surface area contributed by atoms with E-state index in [1.165, 1.54) is 11.1 Å². The van der Waals surface area contributed by atoms with Crippen molar-refractivity contribution in [2.45, 2.75) is 45.4 Å². The van der Waals surface area contributed by atoms with Gasteiger partial charge in [-0.25, -0.2) is 9.67 Å². The van der Waals surface area contributed by atoms with Crippen LogP contribution >= 0.6 is 0 Å². The Hall–Kier alpha value is -1.92. The highest BCUT2D eigenvalue weighted by Crippen LogP contribution is 2.16. The van der Waals surface area contributed by atoms with Crippen LogP contribution in [-0.2, 0) is 13.0 Å². The summed E-state index contributed by atoms with van der Waals surface area (Å²) in [6.07, 6.45) is 3.01. The molecular weight excluding hydrogens is 292 g/mol. The number of hydrogen-bond donors (Lipinski definition) is 2. The van der Waals surface area contributed by atoms with Crippen molar-refractivity contribution in [3.05, 3.63) is 41.5 Å². The van der Waals surface area contributed by atoms with Crippen molar-refractivity contribution in [3.8, 4) is 5.75 Å². The molecule has 0 amide bonds. The quantitative estimate of drug-likeness (QED) is 0.839. The maximum atomic E-state index is 10.1. The lowest BCUT2D eigenvalue weighted by Crippen LogP contribution is -2.42. The average molecular weight is 316 g/mol. The fourth-order valence-electron chi connectivity index (χ4n) is 2.97. The van der Waals surface area contributed by atoms with E-state index in [-0.39, 0.29) is 6.61 Å². The molecule has 3 rings (SSSR count). The van der Waals surface area contributed by atoms with Crippen LogP contribution in [0.25, 0.3) is 0 Å². The number of aliphatic hydroxyl groups is 1. The molecule has 1 aliphatic heterocycles. The molecule has 2 heterocycles. The van der Waals surface area contributed by atoms with Gasteiger partial charge in [0.25, 0.3) is 0 Å². The highest BCUT2D eigenvalue weighted by molar-refractivity contribution is 5.32. The minimum atomic E-state index is -0.534. The van der Waals surface area contributed by atoms with Gasteiger partial charge in [0.15, 0.2) is 0 Å². The van der Waals surface area contributed by atoms with Gasteiger partial charge in [0.2, 0.25) is 0 Å². The Balaban J connectivity index is 1.42. The van der Waals surface area contributed by atoms with E-state index in [9.17, 15) is 5.11 Å². The summed E-state index contributed by atoms with van der Waals surface area (Å²) in [5.74, 6) is 1.85. The molecule has 0 fully saturated rings. The van der Waals surface area contributed by atoms with Crippen LogP contribution in [0, 0.1) is 13.8 Å². The third-order valence-electron chi connectivity index (χ3n) is 4.09. The number of hydrogen-bond acceptors (Lipinski definition) is 5. The summed E-state index contributed by atoms with van der Waals surface area (Å²) in [4.78, 5) is 4.22. The molecule has 0 radical (unpaired) electrons. The molecule has 1 aliphatic rings. The van der Waals surface area contributed by atoms with E-state index in [2.05, 4.69) is 21.5 Å². The first kappa shape index (κ1) is 16.0. The summed E-state index contributed by atoms with van der Waals surface area (Å²) in [5, 5.41) is 17.7. The van der Waals surface area contributed by atoms with E-state index in [0.29, 0.717) is 12.6 Å². The van der Waals surface area contributed by atoms with E-state index >= 15 is 0 Å². The van der Waals surface area contributed by atoms with E-state index in [1.807, 2.05) is 30.7 Å². The molecular formula is C17H24N4O2. The van der Waals surface area contributed by atoms with Crippen molar-refractivity contribution in [2.75, 3.05) is 13.2 Å². The SMILES string of the molecule is Cc1cc(C)cc(OC[C@H](O)CN[C@H]2CCc3ncnn3C2)c1. The molecule has 0 spiro atoms. The Kier molecular flexibility index (Phi) is 4.93. The summed E-state index contributed by atoms with van der Waals surface area (Å²) in [7, 11) is 0. The minimum absolute atomic E-state index is 0.289. The first-order valence-corrected chi connectivity index (χ1v) is 8.09. The zero-order chi connectivity index (χ0) is 16.2. The minimum Gasteiger partial charge on any atom is -0.491 e. The topological polar surface area (TPSA) is 72.2 Å². The largest absolute Gasteiger partial charge is 0.491 e. The molecule has 1 aromatic heterocycles. The smallest absolute Gasteiger partial charge is 0.138 e. The molecule has 2 atom stereocenters. The maximum Gasteiger partial charge on any atom is 0.138 e. The maximum absolute atomic E-state index is 10.1. The Bertz CT molecular complexity index is 636. The second-order valence-electron chi connectivity index (χ2n) is 6.29. The Morgan fingerprint density at radius 1 is 1.35 bits per heavy atom. The monoisotopic (exact) mass is 316 g/mol. The zero-order valence-corrected chi connectivity index (χ0v) is 13.7. The lowest BCUT2D eigenvalue weighted by atomic mass is 10.1. The van der Waals surface area contributed by atoms with Gasteiger partial charge in [0.1, 0.15) is 30.6 Å². The Labute approximate surface area is 136 Å². The number of aliphatic hydroxyl groups excluding tert-OH is 1. The third kappa shape index (κ3) is 4.30. The van der Waals surface area contributed by atoms with Crippen molar-refractivity contribution in [1.29, 1.82) is 0 Å². The summed E-state index contributed by atoms with van der Waals surface area (Å²) in [6.45, 7) is 5.69. The second-order valence-corrected chi connectivity index (χ2v) is 6.29. The van der Waals surface area contributed by atoms with Gasteiger partial charge in [0.05, 0.1) is 6.54 Å². The van der Waals surface area contributed by atoms with Crippen molar-refractivity contribution < 1.29 is 9.84 Å². The second kappa shape index (κ2) is 7.10. The number of aromatic nitrogens is 3. The van der Waals surface area contributed by atoms with Crippen LogP contribution in [0.15, 0.2) is 24.5 Å². The Morgan fingerprint density at radius 2 is 2.13 bits per heavy atom. The molecule has 6 heteroatoms. The van der Waals surface area contributed by atoms with Gasteiger partial charge in [-0.05, 0) is 43.5 Å². The Morgan fingerprint density at radius 3 is 2.91 bits per heavy atom. The number of aryl methyl sites for hydroxylation is 3.